The maximum absolute atomic E-state index is 6.23. The van der Waals surface area contributed by atoms with Crippen molar-refractivity contribution in [2.45, 2.75) is 58.0 Å². The zero-order valence-corrected chi connectivity index (χ0v) is 10.8. The zero-order valence-electron chi connectivity index (χ0n) is 10.7. The van der Waals surface area contributed by atoms with Crippen LogP contribution in [0.25, 0.3) is 0 Å². The van der Waals surface area contributed by atoms with Gasteiger partial charge in [0.2, 0.25) is 0 Å². The first-order valence-electron chi connectivity index (χ1n) is 4.32. The number of piperidine rings is 1. The summed E-state index contributed by atoms with van der Waals surface area (Å²) >= 11 is 6.23. The molecule has 0 bridgehead atoms. The molecule has 0 saturated carbocycles. The fourth-order valence-electron chi connectivity index (χ4n) is 1.97. The fourth-order valence-corrected chi connectivity index (χ4v) is 2.14. The third kappa shape index (κ3) is 2.50. The Labute approximate surface area is 100 Å². The molecule has 1 nitrogen and oxygen atoms in total. The van der Waals surface area contributed by atoms with Gasteiger partial charge < -0.3 is 2.85 Å². The molecule has 0 spiro atoms. The number of hydrogen-bond acceptors (Lipinski definition) is 1. The van der Waals surface area contributed by atoms with Crippen molar-refractivity contribution in [3.63, 3.8) is 0 Å². The molecule has 0 atom stereocenters. The molecule has 1 rings (SSSR count). The van der Waals surface area contributed by atoms with Gasteiger partial charge in [0.1, 0.15) is 0 Å². The number of rotatable bonds is 0. The van der Waals surface area contributed by atoms with Crippen molar-refractivity contribution in [2.24, 2.45) is 0 Å². The van der Waals surface area contributed by atoms with Crippen molar-refractivity contribution in [1.29, 1.82) is 0 Å². The average molecular weight is 202 g/mol. The van der Waals surface area contributed by atoms with Crippen molar-refractivity contribution in [3.05, 3.63) is 0 Å². The van der Waals surface area contributed by atoms with Crippen LogP contribution in [0.1, 0.15) is 49.8 Å². The minimum atomic E-state index is 0. The van der Waals surface area contributed by atoms with Gasteiger partial charge in [0, 0.05) is 11.1 Å². The molecule has 1 aliphatic rings. The topological polar surface area (TPSA) is 3.24 Å². The minimum absolute atomic E-state index is 0. The number of halogens is 1. The predicted molar refractivity (Wildman–Crippen MR) is 57.7 cm³/mol. The predicted octanol–water partition coefficient (Wildman–Crippen LogP) is 3.03. The van der Waals surface area contributed by atoms with E-state index in [0.29, 0.717) is 0 Å². The maximum Gasteiger partial charge on any atom is 2.00 e. The van der Waals surface area contributed by atoms with Crippen LogP contribution < -0.4 is 0 Å². The molecule has 1 saturated heterocycles. The summed E-state index contributed by atoms with van der Waals surface area (Å²) in [5, 5.41) is 0. The SMILES string of the molecule is CC1(C)CCCC(C)(C)N1Cl.[H-].[H-].[Mg+2]. The molecule has 0 unspecified atom stereocenters. The van der Waals surface area contributed by atoms with Gasteiger partial charge in [-0.3, -0.25) is 0 Å². The van der Waals surface area contributed by atoms with Gasteiger partial charge in [-0.25, -0.2) is 4.42 Å². The first-order valence-corrected chi connectivity index (χ1v) is 4.66. The van der Waals surface area contributed by atoms with E-state index in [1.54, 1.807) is 0 Å². The van der Waals surface area contributed by atoms with Gasteiger partial charge in [-0.05, 0) is 58.7 Å². The van der Waals surface area contributed by atoms with Gasteiger partial charge in [0.15, 0.2) is 0 Å². The van der Waals surface area contributed by atoms with E-state index in [9.17, 15) is 0 Å². The normalized spacial score (nSPS) is 27.8. The Morgan fingerprint density at radius 1 is 1.08 bits per heavy atom. The molecule has 3 heteroatoms. The zero-order chi connectivity index (χ0) is 8.70. The van der Waals surface area contributed by atoms with Crippen molar-refractivity contribution < 1.29 is 2.85 Å². The van der Waals surface area contributed by atoms with E-state index in [4.69, 9.17) is 11.8 Å². The summed E-state index contributed by atoms with van der Waals surface area (Å²) in [6.45, 7) is 8.84. The third-order valence-electron chi connectivity index (χ3n) is 2.64. The summed E-state index contributed by atoms with van der Waals surface area (Å²) in [6.07, 6.45) is 3.71. The number of hydrogen-bond donors (Lipinski definition) is 0. The molecular formula is C9H20ClMgN. The third-order valence-corrected chi connectivity index (χ3v) is 3.56. The molecule has 1 fully saturated rings. The van der Waals surface area contributed by atoms with Crippen LogP contribution >= 0.6 is 11.8 Å². The van der Waals surface area contributed by atoms with Gasteiger partial charge in [0.05, 0.1) is 0 Å². The van der Waals surface area contributed by atoms with Crippen LogP contribution in [0.3, 0.4) is 0 Å². The van der Waals surface area contributed by atoms with Gasteiger partial charge in [-0.1, -0.05) is 0 Å². The van der Waals surface area contributed by atoms with E-state index in [2.05, 4.69) is 27.7 Å². The molecule has 0 aliphatic carbocycles. The van der Waals surface area contributed by atoms with Crippen LogP contribution in [0, 0.1) is 0 Å². The van der Waals surface area contributed by atoms with E-state index in [1.807, 2.05) is 4.42 Å². The molecule has 0 aromatic heterocycles. The Hall–Kier alpha value is 1.02. The summed E-state index contributed by atoms with van der Waals surface area (Å²) in [5.74, 6) is 0. The molecule has 0 amide bonds. The van der Waals surface area contributed by atoms with Gasteiger partial charge in [-0.2, -0.15) is 0 Å². The largest absolute Gasteiger partial charge is 2.00 e. The van der Waals surface area contributed by atoms with Crippen LogP contribution in [0.5, 0.6) is 0 Å². The number of nitrogens with zero attached hydrogens (tertiary/aromatic N) is 1. The van der Waals surface area contributed by atoms with Crippen molar-refractivity contribution in [3.8, 4) is 0 Å². The minimum Gasteiger partial charge on any atom is -1.00 e. The molecule has 1 heterocycles. The van der Waals surface area contributed by atoms with Gasteiger partial charge in [0.25, 0.3) is 0 Å². The van der Waals surface area contributed by atoms with E-state index < -0.39 is 0 Å². The van der Waals surface area contributed by atoms with Crippen LogP contribution in [-0.4, -0.2) is 38.5 Å². The van der Waals surface area contributed by atoms with E-state index in [1.165, 1.54) is 19.3 Å². The maximum atomic E-state index is 6.23. The Morgan fingerprint density at radius 3 is 1.67 bits per heavy atom. The van der Waals surface area contributed by atoms with Gasteiger partial charge in [-0.15, -0.1) is 0 Å². The Bertz CT molecular complexity index is 149. The van der Waals surface area contributed by atoms with Crippen LogP contribution in [0.2, 0.25) is 0 Å². The van der Waals surface area contributed by atoms with Crippen molar-refractivity contribution in [1.82, 2.24) is 4.42 Å². The first kappa shape index (κ1) is 13.0. The van der Waals surface area contributed by atoms with E-state index in [-0.39, 0.29) is 37.0 Å². The Kier molecular flexibility index (Phi) is 4.37. The fraction of sp³-hybridized carbons (Fsp3) is 1.00. The van der Waals surface area contributed by atoms with E-state index in [0.717, 1.165) is 0 Å². The second-order valence-corrected chi connectivity index (χ2v) is 5.10. The van der Waals surface area contributed by atoms with Crippen LogP contribution in [0.4, 0.5) is 0 Å². The standard InChI is InChI=1S/C9H18ClN.Mg.2H/c1-8(2)6-5-7-9(3,4)11(8)10;;;/h5-7H2,1-4H3;;;/q;+2;2*-1. The quantitative estimate of drug-likeness (QED) is 0.431. The monoisotopic (exact) mass is 201 g/mol. The molecule has 0 radical (unpaired) electrons. The van der Waals surface area contributed by atoms with Crippen LogP contribution in [-0.2, 0) is 0 Å². The van der Waals surface area contributed by atoms with Gasteiger partial charge >= 0.3 is 23.1 Å². The second-order valence-electron chi connectivity index (χ2n) is 4.76. The molecule has 12 heavy (non-hydrogen) atoms. The Morgan fingerprint density at radius 2 is 1.42 bits per heavy atom. The molecule has 1 aliphatic heterocycles. The van der Waals surface area contributed by atoms with Crippen molar-refractivity contribution in [2.75, 3.05) is 0 Å². The summed E-state index contributed by atoms with van der Waals surface area (Å²) in [7, 11) is 0. The molecule has 0 aromatic rings. The molecule has 70 valence electrons. The molecule has 0 aromatic carbocycles. The average Bonchev–Trinajstić information content (AvgIpc) is 1.82. The summed E-state index contributed by atoms with van der Waals surface area (Å²) in [5.41, 5.74) is 0.340. The molecule has 0 N–H and O–H groups in total. The summed E-state index contributed by atoms with van der Waals surface area (Å²) in [6, 6.07) is 0. The Balaban J connectivity index is -0.000000403. The smallest absolute Gasteiger partial charge is 1.00 e. The second kappa shape index (κ2) is 4.03. The van der Waals surface area contributed by atoms with E-state index >= 15 is 0 Å². The first-order chi connectivity index (χ1) is 4.86. The molecular weight excluding hydrogens is 182 g/mol. The summed E-state index contributed by atoms with van der Waals surface area (Å²) in [4.78, 5) is 0. The van der Waals surface area contributed by atoms with Crippen LogP contribution in [0.15, 0.2) is 0 Å². The van der Waals surface area contributed by atoms with Crippen molar-refractivity contribution >= 4 is 34.8 Å². The summed E-state index contributed by atoms with van der Waals surface area (Å²) < 4.78 is 1.99.